The Hall–Kier alpha value is -1.42. The second-order valence-electron chi connectivity index (χ2n) is 6.54. The first kappa shape index (κ1) is 16.9. The molecular weight excluding hydrogens is 279 g/mol. The Kier molecular flexibility index (Phi) is 6.37. The van der Waals surface area contributed by atoms with Gasteiger partial charge in [0.15, 0.2) is 6.04 Å². The number of nitrogens with two attached hydrogens (primary N) is 1. The van der Waals surface area contributed by atoms with Crippen LogP contribution in [-0.2, 0) is 4.79 Å². The second-order valence-corrected chi connectivity index (χ2v) is 6.54. The molecular formula is C18H28FN2O+. The van der Waals surface area contributed by atoms with Crippen LogP contribution in [0.3, 0.4) is 0 Å². The Morgan fingerprint density at radius 2 is 1.86 bits per heavy atom. The molecule has 1 fully saturated rings. The van der Waals surface area contributed by atoms with Crippen LogP contribution in [0.5, 0.6) is 0 Å². The zero-order valence-electron chi connectivity index (χ0n) is 13.7. The maximum absolute atomic E-state index is 13.5. The van der Waals surface area contributed by atoms with E-state index in [4.69, 9.17) is 0 Å². The van der Waals surface area contributed by atoms with Gasteiger partial charge in [0.1, 0.15) is 5.82 Å². The van der Waals surface area contributed by atoms with Crippen molar-refractivity contribution in [1.29, 1.82) is 0 Å². The van der Waals surface area contributed by atoms with Gasteiger partial charge >= 0.3 is 0 Å². The van der Waals surface area contributed by atoms with E-state index in [0.29, 0.717) is 17.3 Å². The number of quaternary nitrogens is 1. The van der Waals surface area contributed by atoms with Crippen molar-refractivity contribution in [3.05, 3.63) is 29.6 Å². The fourth-order valence-corrected chi connectivity index (χ4v) is 3.10. The molecule has 22 heavy (non-hydrogen) atoms. The lowest BCUT2D eigenvalue weighted by Crippen LogP contribution is -2.96. The number of carbonyl (C=O) groups excluding carboxylic acids is 1. The van der Waals surface area contributed by atoms with Crippen LogP contribution in [0.1, 0.15) is 57.4 Å². The molecule has 0 aliphatic heterocycles. The first-order valence-electron chi connectivity index (χ1n) is 8.48. The number of hydrogen-bond donors (Lipinski definition) is 2. The number of benzene rings is 1. The summed E-state index contributed by atoms with van der Waals surface area (Å²) in [6, 6.07) is 5.22. The first-order valence-corrected chi connectivity index (χ1v) is 8.48. The number of carbonyl (C=O) groups is 1. The molecule has 1 aliphatic carbocycles. The highest BCUT2D eigenvalue weighted by Gasteiger charge is 2.22. The minimum Gasteiger partial charge on any atom is -0.334 e. The van der Waals surface area contributed by atoms with Gasteiger partial charge in [-0.2, -0.15) is 0 Å². The molecule has 0 radical (unpaired) electrons. The summed E-state index contributed by atoms with van der Waals surface area (Å²) in [5.41, 5.74) is 1.12. The van der Waals surface area contributed by atoms with E-state index in [0.717, 1.165) is 0 Å². The Bertz CT molecular complexity index is 496. The number of halogens is 1. The van der Waals surface area contributed by atoms with E-state index < -0.39 is 0 Å². The number of anilines is 1. The summed E-state index contributed by atoms with van der Waals surface area (Å²) in [7, 11) is 0. The molecule has 4 heteroatoms. The van der Waals surface area contributed by atoms with Gasteiger partial charge in [0.25, 0.3) is 5.91 Å². The lowest BCUT2D eigenvalue weighted by Gasteiger charge is -2.21. The molecule has 1 aromatic rings. The van der Waals surface area contributed by atoms with E-state index >= 15 is 0 Å². The third-order valence-electron chi connectivity index (χ3n) is 4.56. The fraction of sp³-hybridized carbons (Fsp3) is 0.611. The molecule has 1 amide bonds. The van der Waals surface area contributed by atoms with Gasteiger partial charge < -0.3 is 10.6 Å². The Morgan fingerprint density at radius 1 is 1.23 bits per heavy atom. The van der Waals surface area contributed by atoms with Crippen molar-refractivity contribution in [3.63, 3.8) is 0 Å². The summed E-state index contributed by atoms with van der Waals surface area (Å²) in [5, 5.41) is 5.00. The van der Waals surface area contributed by atoms with E-state index in [1.807, 2.05) is 6.92 Å². The zero-order valence-corrected chi connectivity index (χ0v) is 13.7. The second kappa shape index (κ2) is 8.28. The standard InChI is InChI=1S/C18H27FN2O/c1-13-10-11-16(12-17(13)19)21-18(22)14(2)20-15-8-6-4-3-5-7-9-15/h10-12,14-15,20H,3-9H2,1-2H3,(H,21,22)/p+1/t14-/m1/s1. The van der Waals surface area contributed by atoms with Crippen LogP contribution in [0.25, 0.3) is 0 Å². The van der Waals surface area contributed by atoms with Crippen molar-refractivity contribution in [2.45, 2.75) is 70.9 Å². The average molecular weight is 307 g/mol. The molecule has 2 rings (SSSR count). The third kappa shape index (κ3) is 5.09. The lowest BCUT2D eigenvalue weighted by atomic mass is 9.96. The summed E-state index contributed by atoms with van der Waals surface area (Å²) < 4.78 is 13.5. The highest BCUT2D eigenvalue weighted by Crippen LogP contribution is 2.16. The molecule has 3 nitrogen and oxygen atoms in total. The predicted molar refractivity (Wildman–Crippen MR) is 87.3 cm³/mol. The van der Waals surface area contributed by atoms with Crippen LogP contribution in [0.2, 0.25) is 0 Å². The largest absolute Gasteiger partial charge is 0.334 e. The monoisotopic (exact) mass is 307 g/mol. The van der Waals surface area contributed by atoms with Crippen LogP contribution in [-0.4, -0.2) is 18.0 Å². The Labute approximate surface area is 132 Å². The molecule has 122 valence electrons. The van der Waals surface area contributed by atoms with Crippen LogP contribution >= 0.6 is 0 Å². The van der Waals surface area contributed by atoms with Crippen molar-refractivity contribution in [1.82, 2.24) is 0 Å². The molecule has 0 heterocycles. The number of hydrogen-bond acceptors (Lipinski definition) is 1. The molecule has 0 saturated heterocycles. The fourth-order valence-electron chi connectivity index (χ4n) is 3.10. The van der Waals surface area contributed by atoms with Gasteiger partial charge in [0.05, 0.1) is 6.04 Å². The van der Waals surface area contributed by atoms with Gasteiger partial charge in [-0.1, -0.05) is 25.3 Å². The van der Waals surface area contributed by atoms with Crippen molar-refractivity contribution in [3.8, 4) is 0 Å². The summed E-state index contributed by atoms with van der Waals surface area (Å²) in [5.74, 6) is -0.334. The van der Waals surface area contributed by atoms with Crippen molar-refractivity contribution < 1.29 is 14.5 Å². The van der Waals surface area contributed by atoms with Crippen molar-refractivity contribution in [2.24, 2.45) is 0 Å². The number of aryl methyl sites for hydroxylation is 1. The Balaban J connectivity index is 1.86. The summed E-state index contributed by atoms with van der Waals surface area (Å²) in [6.07, 6.45) is 8.88. The normalized spacial score (nSPS) is 18.3. The molecule has 0 bridgehead atoms. The first-order chi connectivity index (χ1) is 10.6. The van der Waals surface area contributed by atoms with E-state index in [1.54, 1.807) is 19.1 Å². The topological polar surface area (TPSA) is 45.7 Å². The summed E-state index contributed by atoms with van der Waals surface area (Å²) in [4.78, 5) is 12.3. The molecule has 1 aromatic carbocycles. The van der Waals surface area contributed by atoms with Crippen LogP contribution < -0.4 is 10.6 Å². The predicted octanol–water partition coefficient (Wildman–Crippen LogP) is 3.14. The molecule has 3 N–H and O–H groups in total. The summed E-state index contributed by atoms with van der Waals surface area (Å²) >= 11 is 0. The highest BCUT2D eigenvalue weighted by molar-refractivity contribution is 5.93. The van der Waals surface area contributed by atoms with Gasteiger partial charge in [-0.15, -0.1) is 0 Å². The van der Waals surface area contributed by atoms with E-state index in [9.17, 15) is 9.18 Å². The SMILES string of the molecule is Cc1ccc(NC(=O)[C@@H](C)[NH2+]C2CCCCCCC2)cc1F. The maximum atomic E-state index is 13.5. The van der Waals surface area contributed by atoms with Gasteiger partial charge in [-0.25, -0.2) is 4.39 Å². The van der Waals surface area contributed by atoms with E-state index in [1.165, 1.54) is 51.0 Å². The maximum Gasteiger partial charge on any atom is 0.282 e. The molecule has 0 unspecified atom stereocenters. The lowest BCUT2D eigenvalue weighted by molar-refractivity contribution is -0.707. The molecule has 1 saturated carbocycles. The quantitative estimate of drug-likeness (QED) is 0.882. The van der Waals surface area contributed by atoms with Gasteiger partial charge in [0, 0.05) is 5.69 Å². The molecule has 0 aromatic heterocycles. The zero-order chi connectivity index (χ0) is 15.9. The van der Waals surface area contributed by atoms with Gasteiger partial charge in [0.2, 0.25) is 0 Å². The minimum absolute atomic E-state index is 0.0506. The summed E-state index contributed by atoms with van der Waals surface area (Å²) in [6.45, 7) is 3.64. The smallest absolute Gasteiger partial charge is 0.282 e. The van der Waals surface area contributed by atoms with Crippen LogP contribution in [0.15, 0.2) is 18.2 Å². The Morgan fingerprint density at radius 3 is 2.50 bits per heavy atom. The third-order valence-corrected chi connectivity index (χ3v) is 4.56. The van der Waals surface area contributed by atoms with Gasteiger partial charge in [-0.3, -0.25) is 4.79 Å². The average Bonchev–Trinajstić information content (AvgIpc) is 2.45. The van der Waals surface area contributed by atoms with Crippen molar-refractivity contribution >= 4 is 11.6 Å². The highest BCUT2D eigenvalue weighted by atomic mass is 19.1. The van der Waals surface area contributed by atoms with Crippen molar-refractivity contribution in [2.75, 3.05) is 5.32 Å². The number of amides is 1. The van der Waals surface area contributed by atoms with Crippen LogP contribution in [0.4, 0.5) is 10.1 Å². The van der Waals surface area contributed by atoms with E-state index in [2.05, 4.69) is 10.6 Å². The number of nitrogens with one attached hydrogen (secondary N) is 1. The minimum atomic E-state index is -0.283. The van der Waals surface area contributed by atoms with Crippen LogP contribution in [0, 0.1) is 12.7 Å². The number of rotatable bonds is 4. The molecule has 0 spiro atoms. The molecule has 1 aliphatic rings. The molecule has 1 atom stereocenters. The van der Waals surface area contributed by atoms with Gasteiger partial charge in [-0.05, 0) is 57.2 Å². The van der Waals surface area contributed by atoms with E-state index in [-0.39, 0.29) is 17.8 Å².